The van der Waals surface area contributed by atoms with Crippen molar-refractivity contribution in [3.8, 4) is 0 Å². The number of methoxy groups -OCH3 is 1. The van der Waals surface area contributed by atoms with Crippen LogP contribution >= 0.6 is 0 Å². The zero-order chi connectivity index (χ0) is 20.0. The molecule has 2 aliphatic heterocycles. The van der Waals surface area contributed by atoms with Gasteiger partial charge < -0.3 is 15.4 Å². The number of hydrogen-bond acceptors (Lipinski definition) is 5. The Morgan fingerprint density at radius 1 is 1.07 bits per heavy atom. The summed E-state index contributed by atoms with van der Waals surface area (Å²) >= 11 is 0. The van der Waals surface area contributed by atoms with Crippen molar-refractivity contribution in [1.82, 2.24) is 15.5 Å². The number of nitrogens with one attached hydrogen (secondary N) is 2. The molecule has 4 amide bonds. The minimum absolute atomic E-state index is 0.166. The second kappa shape index (κ2) is 6.49. The first-order valence-electron chi connectivity index (χ1n) is 8.67. The summed E-state index contributed by atoms with van der Waals surface area (Å²) in [6.07, 6.45) is 0. The Bertz CT molecular complexity index is 1040. The number of esters is 1. The molecular weight excluding hydrogens is 362 g/mol. The number of carbonyl (C=O) groups excluding carboxylic acids is 4. The molecule has 0 saturated carbocycles. The first-order chi connectivity index (χ1) is 13.4. The van der Waals surface area contributed by atoms with Crippen LogP contribution in [-0.4, -0.2) is 48.4 Å². The van der Waals surface area contributed by atoms with Crippen molar-refractivity contribution in [2.45, 2.75) is 13.0 Å². The van der Waals surface area contributed by atoms with E-state index >= 15 is 0 Å². The number of nitrogens with zero attached hydrogens (tertiary/aromatic N) is 1. The SMILES string of the molecule is COC(=O)C1=C(C)NC(=O)NC1CN1C(=O)c2cccc3cccc(c23)C1=O. The van der Waals surface area contributed by atoms with Gasteiger partial charge in [0.05, 0.1) is 25.3 Å². The number of ether oxygens (including phenoxy) is 1. The Kier molecular flexibility index (Phi) is 4.11. The van der Waals surface area contributed by atoms with E-state index in [-0.39, 0.29) is 12.1 Å². The fraction of sp³-hybridized carbons (Fsp3) is 0.200. The second-order valence-corrected chi connectivity index (χ2v) is 6.61. The van der Waals surface area contributed by atoms with Crippen molar-refractivity contribution in [3.05, 3.63) is 58.8 Å². The summed E-state index contributed by atoms with van der Waals surface area (Å²) in [5.41, 5.74) is 1.31. The molecule has 8 nitrogen and oxygen atoms in total. The van der Waals surface area contributed by atoms with Gasteiger partial charge in [-0.05, 0) is 24.4 Å². The largest absolute Gasteiger partial charge is 0.466 e. The Morgan fingerprint density at radius 2 is 1.68 bits per heavy atom. The molecular formula is C20H17N3O5. The zero-order valence-corrected chi connectivity index (χ0v) is 15.2. The Hall–Kier alpha value is -3.68. The second-order valence-electron chi connectivity index (χ2n) is 6.61. The summed E-state index contributed by atoms with van der Waals surface area (Å²) < 4.78 is 4.79. The van der Waals surface area contributed by atoms with Crippen LogP contribution in [0.5, 0.6) is 0 Å². The van der Waals surface area contributed by atoms with E-state index in [0.29, 0.717) is 22.2 Å². The summed E-state index contributed by atoms with van der Waals surface area (Å²) in [6.45, 7) is 1.38. The summed E-state index contributed by atoms with van der Waals surface area (Å²) in [7, 11) is 1.23. The van der Waals surface area contributed by atoms with Crippen molar-refractivity contribution < 1.29 is 23.9 Å². The average molecular weight is 379 g/mol. The van der Waals surface area contributed by atoms with Gasteiger partial charge in [-0.25, -0.2) is 9.59 Å². The maximum atomic E-state index is 13.0. The van der Waals surface area contributed by atoms with E-state index in [9.17, 15) is 19.2 Å². The van der Waals surface area contributed by atoms with Crippen molar-refractivity contribution in [2.24, 2.45) is 0 Å². The van der Waals surface area contributed by atoms with Crippen molar-refractivity contribution in [3.63, 3.8) is 0 Å². The fourth-order valence-electron chi connectivity index (χ4n) is 3.74. The standard InChI is InChI=1S/C20H17N3O5/c1-10-15(19(26)28-2)14(22-20(27)21-10)9-23-17(24)12-7-3-5-11-6-4-8-13(16(11)12)18(23)25/h3-8,14H,9H2,1-2H3,(H2,21,22,27). The van der Waals surface area contributed by atoms with Gasteiger partial charge in [0.2, 0.25) is 0 Å². The number of amides is 4. The van der Waals surface area contributed by atoms with Crippen LogP contribution in [0.4, 0.5) is 4.79 Å². The number of allylic oxidation sites excluding steroid dienone is 1. The first-order valence-corrected chi connectivity index (χ1v) is 8.67. The Morgan fingerprint density at radius 3 is 2.25 bits per heavy atom. The quantitative estimate of drug-likeness (QED) is 0.622. The molecule has 28 heavy (non-hydrogen) atoms. The Labute approximate surface area is 160 Å². The number of imide groups is 1. The van der Waals surface area contributed by atoms with E-state index in [2.05, 4.69) is 10.6 Å². The number of carbonyl (C=O) groups is 4. The van der Waals surface area contributed by atoms with E-state index in [0.717, 1.165) is 10.3 Å². The molecule has 8 heteroatoms. The van der Waals surface area contributed by atoms with E-state index in [4.69, 9.17) is 4.74 Å². The lowest BCUT2D eigenvalue weighted by Gasteiger charge is -2.33. The van der Waals surface area contributed by atoms with E-state index in [1.54, 1.807) is 31.2 Å². The van der Waals surface area contributed by atoms with Gasteiger partial charge in [-0.1, -0.05) is 24.3 Å². The minimum atomic E-state index is -0.876. The van der Waals surface area contributed by atoms with Gasteiger partial charge in [0.1, 0.15) is 0 Å². The molecule has 0 bridgehead atoms. The van der Waals surface area contributed by atoms with Gasteiger partial charge in [-0.15, -0.1) is 0 Å². The lowest BCUT2D eigenvalue weighted by molar-refractivity contribution is -0.136. The van der Waals surface area contributed by atoms with E-state index in [1.165, 1.54) is 7.11 Å². The molecule has 2 N–H and O–H groups in total. The molecule has 1 unspecified atom stereocenters. The van der Waals surface area contributed by atoms with Crippen LogP contribution in [-0.2, 0) is 9.53 Å². The van der Waals surface area contributed by atoms with Crippen LogP contribution in [0.2, 0.25) is 0 Å². The summed E-state index contributed by atoms with van der Waals surface area (Å²) in [5.74, 6) is -1.58. The van der Waals surface area contributed by atoms with Crippen molar-refractivity contribution in [2.75, 3.05) is 13.7 Å². The molecule has 2 aliphatic rings. The molecule has 0 saturated heterocycles. The number of rotatable bonds is 3. The van der Waals surface area contributed by atoms with E-state index in [1.807, 2.05) is 12.1 Å². The topological polar surface area (TPSA) is 105 Å². The summed E-state index contributed by atoms with van der Waals surface area (Å²) in [4.78, 5) is 51.2. The van der Waals surface area contributed by atoms with Gasteiger partial charge in [0.25, 0.3) is 11.8 Å². The molecule has 0 radical (unpaired) electrons. The molecule has 2 aromatic rings. The molecule has 2 aromatic carbocycles. The third kappa shape index (κ3) is 2.61. The number of urea groups is 1. The molecule has 0 aliphatic carbocycles. The number of hydrogen-bond donors (Lipinski definition) is 2. The lowest BCUT2D eigenvalue weighted by Crippen LogP contribution is -2.56. The molecule has 142 valence electrons. The average Bonchev–Trinajstić information content (AvgIpc) is 2.68. The lowest BCUT2D eigenvalue weighted by atomic mass is 9.93. The molecule has 0 spiro atoms. The van der Waals surface area contributed by atoms with Crippen molar-refractivity contribution >= 4 is 34.6 Å². The highest BCUT2D eigenvalue weighted by atomic mass is 16.5. The smallest absolute Gasteiger partial charge is 0.337 e. The third-order valence-electron chi connectivity index (χ3n) is 4.99. The maximum absolute atomic E-state index is 13.0. The molecule has 2 heterocycles. The van der Waals surface area contributed by atoms with Crippen LogP contribution in [0.15, 0.2) is 47.7 Å². The third-order valence-corrected chi connectivity index (χ3v) is 4.99. The fourth-order valence-corrected chi connectivity index (χ4v) is 3.74. The van der Waals surface area contributed by atoms with Gasteiger partial charge in [-0.3, -0.25) is 14.5 Å². The molecule has 0 fully saturated rings. The Balaban J connectivity index is 1.75. The van der Waals surface area contributed by atoms with Crippen LogP contribution in [0.25, 0.3) is 10.8 Å². The highest BCUT2D eigenvalue weighted by Gasteiger charge is 2.38. The summed E-state index contributed by atoms with van der Waals surface area (Å²) in [5, 5.41) is 6.52. The molecule has 0 aromatic heterocycles. The number of benzene rings is 2. The van der Waals surface area contributed by atoms with Crippen LogP contribution in [0.3, 0.4) is 0 Å². The maximum Gasteiger partial charge on any atom is 0.337 e. The van der Waals surface area contributed by atoms with Gasteiger partial charge in [0, 0.05) is 22.2 Å². The van der Waals surface area contributed by atoms with Crippen LogP contribution in [0, 0.1) is 0 Å². The zero-order valence-electron chi connectivity index (χ0n) is 15.2. The predicted octanol–water partition coefficient (Wildman–Crippen LogP) is 1.56. The van der Waals surface area contributed by atoms with Crippen LogP contribution < -0.4 is 10.6 Å². The monoisotopic (exact) mass is 379 g/mol. The molecule has 1 atom stereocenters. The highest BCUT2D eigenvalue weighted by Crippen LogP contribution is 2.30. The van der Waals surface area contributed by atoms with Crippen molar-refractivity contribution in [1.29, 1.82) is 0 Å². The van der Waals surface area contributed by atoms with Gasteiger partial charge in [0.15, 0.2) is 0 Å². The predicted molar refractivity (Wildman–Crippen MR) is 99.5 cm³/mol. The summed E-state index contributed by atoms with van der Waals surface area (Å²) in [6, 6.07) is 9.12. The van der Waals surface area contributed by atoms with Crippen LogP contribution in [0.1, 0.15) is 27.6 Å². The van der Waals surface area contributed by atoms with Gasteiger partial charge >= 0.3 is 12.0 Å². The van der Waals surface area contributed by atoms with E-state index < -0.39 is 29.9 Å². The first kappa shape index (κ1) is 17.7. The molecule has 4 rings (SSSR count). The van der Waals surface area contributed by atoms with Gasteiger partial charge in [-0.2, -0.15) is 0 Å². The highest BCUT2D eigenvalue weighted by molar-refractivity contribution is 6.25. The normalized spacial score (nSPS) is 18.9. The minimum Gasteiger partial charge on any atom is -0.466 e.